The molecule has 2 aromatic rings. The smallest absolute Gasteiger partial charge is 0.418 e. The van der Waals surface area contributed by atoms with Gasteiger partial charge in [-0.15, -0.1) is 0 Å². The molecule has 0 atom stereocenters. The van der Waals surface area contributed by atoms with E-state index in [9.17, 15) is 18.3 Å². The van der Waals surface area contributed by atoms with Gasteiger partial charge in [0.2, 0.25) is 0 Å². The predicted molar refractivity (Wildman–Crippen MR) is 86.2 cm³/mol. The molecule has 0 saturated heterocycles. The standard InChI is InChI=1S/C14H9Br2F3N2O/c15-10-5-8(6-11(16)13(10)22)7-20-21-12-4-2-1-3-9(12)14(17,18)19/h1-7,21-22H. The minimum Gasteiger partial charge on any atom is -0.506 e. The first-order valence-corrected chi connectivity index (χ1v) is 7.51. The molecule has 3 nitrogen and oxygen atoms in total. The van der Waals surface area contributed by atoms with Crippen molar-refractivity contribution in [1.82, 2.24) is 0 Å². The van der Waals surface area contributed by atoms with E-state index in [2.05, 4.69) is 42.4 Å². The van der Waals surface area contributed by atoms with Gasteiger partial charge < -0.3 is 5.11 Å². The van der Waals surface area contributed by atoms with Crippen LogP contribution < -0.4 is 5.43 Å². The third kappa shape index (κ3) is 4.01. The molecule has 0 heterocycles. The summed E-state index contributed by atoms with van der Waals surface area (Å²) in [5, 5.41) is 13.4. The van der Waals surface area contributed by atoms with E-state index < -0.39 is 11.7 Å². The Bertz CT molecular complexity index is 694. The van der Waals surface area contributed by atoms with Crippen LogP contribution in [0.15, 0.2) is 50.4 Å². The van der Waals surface area contributed by atoms with E-state index in [4.69, 9.17) is 0 Å². The summed E-state index contributed by atoms with van der Waals surface area (Å²) in [4.78, 5) is 0. The molecule has 0 amide bonds. The lowest BCUT2D eigenvalue weighted by Gasteiger charge is -2.11. The van der Waals surface area contributed by atoms with Crippen molar-refractivity contribution in [2.24, 2.45) is 5.10 Å². The molecule has 0 radical (unpaired) electrons. The van der Waals surface area contributed by atoms with Gasteiger partial charge in [0.05, 0.1) is 26.4 Å². The molecule has 0 aromatic heterocycles. The van der Waals surface area contributed by atoms with E-state index in [-0.39, 0.29) is 11.4 Å². The number of anilines is 1. The summed E-state index contributed by atoms with van der Waals surface area (Å²) < 4.78 is 39.3. The Morgan fingerprint density at radius 1 is 1.09 bits per heavy atom. The lowest BCUT2D eigenvalue weighted by molar-refractivity contribution is -0.136. The summed E-state index contributed by atoms with van der Waals surface area (Å²) in [6, 6.07) is 8.24. The lowest BCUT2D eigenvalue weighted by Crippen LogP contribution is -2.08. The minimum absolute atomic E-state index is 0.0347. The van der Waals surface area contributed by atoms with Gasteiger partial charge in [-0.1, -0.05) is 12.1 Å². The van der Waals surface area contributed by atoms with Crippen LogP contribution in [0.2, 0.25) is 0 Å². The summed E-state index contributed by atoms with van der Waals surface area (Å²) >= 11 is 6.32. The third-order valence-electron chi connectivity index (χ3n) is 2.67. The van der Waals surface area contributed by atoms with Crippen LogP contribution in [-0.4, -0.2) is 11.3 Å². The first-order valence-electron chi connectivity index (χ1n) is 5.92. The van der Waals surface area contributed by atoms with Crippen LogP contribution >= 0.6 is 31.9 Å². The van der Waals surface area contributed by atoms with Gasteiger partial charge >= 0.3 is 6.18 Å². The monoisotopic (exact) mass is 436 g/mol. The molecule has 0 unspecified atom stereocenters. The van der Waals surface area contributed by atoms with Crippen molar-refractivity contribution in [3.05, 3.63) is 56.5 Å². The summed E-state index contributed by atoms with van der Waals surface area (Å²) in [5.41, 5.74) is 2.04. The Morgan fingerprint density at radius 2 is 1.68 bits per heavy atom. The van der Waals surface area contributed by atoms with Crippen LogP contribution in [0.5, 0.6) is 5.75 Å². The van der Waals surface area contributed by atoms with Crippen molar-refractivity contribution in [2.45, 2.75) is 6.18 Å². The highest BCUT2D eigenvalue weighted by atomic mass is 79.9. The summed E-state index contributed by atoms with van der Waals surface area (Å²) in [6.45, 7) is 0. The number of hydrogen-bond acceptors (Lipinski definition) is 3. The SMILES string of the molecule is Oc1c(Br)cc(C=NNc2ccccc2C(F)(F)F)cc1Br. The van der Waals surface area contributed by atoms with Crippen LogP contribution in [-0.2, 0) is 6.18 Å². The predicted octanol–water partition coefficient (Wildman–Crippen LogP) is 5.38. The largest absolute Gasteiger partial charge is 0.506 e. The highest BCUT2D eigenvalue weighted by Crippen LogP contribution is 2.35. The average Bonchev–Trinajstić information content (AvgIpc) is 2.44. The van der Waals surface area contributed by atoms with Gasteiger partial charge in [-0.3, -0.25) is 5.43 Å². The summed E-state index contributed by atoms with van der Waals surface area (Å²) in [6.07, 6.45) is -3.11. The van der Waals surface area contributed by atoms with Crippen molar-refractivity contribution in [3.8, 4) is 5.75 Å². The fourth-order valence-electron chi connectivity index (χ4n) is 1.66. The molecular formula is C14H9Br2F3N2O. The Balaban J connectivity index is 2.21. The fourth-order valence-corrected chi connectivity index (χ4v) is 2.89. The van der Waals surface area contributed by atoms with Gasteiger partial charge in [0.1, 0.15) is 5.75 Å². The zero-order valence-corrected chi connectivity index (χ0v) is 14.0. The summed E-state index contributed by atoms with van der Waals surface area (Å²) in [7, 11) is 0. The molecule has 0 aliphatic carbocycles. The Labute approximate surface area is 141 Å². The molecule has 0 aliphatic rings. The van der Waals surface area contributed by atoms with Crippen LogP contribution in [0.1, 0.15) is 11.1 Å². The van der Waals surface area contributed by atoms with Crippen molar-refractivity contribution >= 4 is 43.8 Å². The molecule has 0 saturated carbocycles. The second-order valence-electron chi connectivity index (χ2n) is 4.25. The van der Waals surface area contributed by atoms with Gasteiger partial charge in [-0.2, -0.15) is 18.3 Å². The third-order valence-corrected chi connectivity index (χ3v) is 3.88. The second kappa shape index (κ2) is 6.70. The van der Waals surface area contributed by atoms with Crippen LogP contribution in [0.4, 0.5) is 18.9 Å². The molecule has 0 bridgehead atoms. The molecule has 8 heteroatoms. The number of halogens is 5. The van der Waals surface area contributed by atoms with Crippen molar-refractivity contribution in [1.29, 1.82) is 0 Å². The number of hydrogen-bond donors (Lipinski definition) is 2. The first-order chi connectivity index (χ1) is 10.3. The highest BCUT2D eigenvalue weighted by Gasteiger charge is 2.33. The van der Waals surface area contributed by atoms with Gasteiger partial charge in [-0.25, -0.2) is 0 Å². The number of alkyl halides is 3. The molecular weight excluding hydrogens is 429 g/mol. The van der Waals surface area contributed by atoms with Gasteiger partial charge in [-0.05, 0) is 61.7 Å². The highest BCUT2D eigenvalue weighted by molar-refractivity contribution is 9.11. The molecule has 0 spiro atoms. The molecule has 116 valence electrons. The maximum atomic E-state index is 12.8. The van der Waals surface area contributed by atoms with Crippen molar-refractivity contribution in [2.75, 3.05) is 5.43 Å². The Kier molecular flexibility index (Phi) is 5.12. The number of hydrazone groups is 1. The number of rotatable bonds is 3. The maximum absolute atomic E-state index is 12.8. The number of benzene rings is 2. The molecule has 0 fully saturated rings. The maximum Gasteiger partial charge on any atom is 0.418 e. The molecule has 2 N–H and O–H groups in total. The van der Waals surface area contributed by atoms with Gasteiger partial charge in [0.15, 0.2) is 0 Å². The van der Waals surface area contributed by atoms with Crippen molar-refractivity contribution < 1.29 is 18.3 Å². The van der Waals surface area contributed by atoms with Gasteiger partial charge in [0, 0.05) is 0 Å². The lowest BCUT2D eigenvalue weighted by atomic mass is 10.2. The van der Waals surface area contributed by atoms with Crippen LogP contribution in [0, 0.1) is 0 Å². The number of nitrogens with zero attached hydrogens (tertiary/aromatic N) is 1. The van der Waals surface area contributed by atoms with Crippen LogP contribution in [0.3, 0.4) is 0 Å². The zero-order chi connectivity index (χ0) is 16.3. The zero-order valence-electron chi connectivity index (χ0n) is 10.8. The number of nitrogens with one attached hydrogen (secondary N) is 1. The first kappa shape index (κ1) is 16.8. The minimum atomic E-state index is -4.45. The molecule has 2 aromatic carbocycles. The number of phenols is 1. The van der Waals surface area contributed by atoms with E-state index in [1.54, 1.807) is 12.1 Å². The Morgan fingerprint density at radius 3 is 2.27 bits per heavy atom. The second-order valence-corrected chi connectivity index (χ2v) is 5.96. The van der Waals surface area contributed by atoms with E-state index >= 15 is 0 Å². The van der Waals surface area contributed by atoms with Crippen LogP contribution in [0.25, 0.3) is 0 Å². The van der Waals surface area contributed by atoms with E-state index in [1.807, 2.05) is 0 Å². The normalized spacial score (nSPS) is 11.9. The Hall–Kier alpha value is -1.54. The quantitative estimate of drug-likeness (QED) is 0.500. The molecule has 2 rings (SSSR count). The van der Waals surface area contributed by atoms with E-state index in [0.29, 0.717) is 14.5 Å². The number of para-hydroxylation sites is 1. The van der Waals surface area contributed by atoms with Crippen molar-refractivity contribution in [3.63, 3.8) is 0 Å². The number of phenolic OH excluding ortho intramolecular Hbond substituents is 1. The molecule has 22 heavy (non-hydrogen) atoms. The topological polar surface area (TPSA) is 44.6 Å². The van der Waals surface area contributed by atoms with E-state index in [1.165, 1.54) is 24.4 Å². The number of aromatic hydroxyl groups is 1. The average molecular weight is 438 g/mol. The molecule has 0 aliphatic heterocycles. The van der Waals surface area contributed by atoms with E-state index in [0.717, 1.165) is 6.07 Å². The fraction of sp³-hybridized carbons (Fsp3) is 0.0714. The summed E-state index contributed by atoms with van der Waals surface area (Å²) in [5.74, 6) is 0.0347. The van der Waals surface area contributed by atoms with Gasteiger partial charge in [0.25, 0.3) is 0 Å².